The van der Waals surface area contributed by atoms with E-state index in [1.165, 1.54) is 23.5 Å². The largest absolute Gasteiger partial charge is 0.481 e. The molecule has 0 radical (unpaired) electrons. The summed E-state index contributed by atoms with van der Waals surface area (Å²) in [7, 11) is 0. The van der Waals surface area contributed by atoms with E-state index < -0.39 is 60.2 Å². The van der Waals surface area contributed by atoms with Crippen LogP contribution in [0.4, 0.5) is 0 Å². The molecule has 0 fully saturated rings. The molecule has 0 saturated carbocycles. The van der Waals surface area contributed by atoms with Crippen LogP contribution < -0.4 is 21.7 Å². The molecule has 0 aromatic rings. The number of carboxylic acid groups (broad SMARTS) is 2. The number of carboxylic acids is 2. The van der Waals surface area contributed by atoms with Crippen LogP contribution in [-0.4, -0.2) is 88.1 Å². The van der Waals surface area contributed by atoms with Crippen molar-refractivity contribution >= 4 is 53.2 Å². The number of nitrogens with two attached hydrogens (primary N) is 1. The predicted octanol–water partition coefficient (Wildman–Crippen LogP) is -0.510. The van der Waals surface area contributed by atoms with Crippen LogP contribution in [0.1, 0.15) is 33.1 Å². The second kappa shape index (κ2) is 15.8. The van der Waals surface area contributed by atoms with Crippen molar-refractivity contribution < 1.29 is 34.2 Å². The molecule has 13 heteroatoms. The summed E-state index contributed by atoms with van der Waals surface area (Å²) in [6.07, 6.45) is 3.45. The van der Waals surface area contributed by atoms with Crippen molar-refractivity contribution in [1.29, 1.82) is 0 Å². The smallest absolute Gasteiger partial charge is 0.326 e. The van der Waals surface area contributed by atoms with Crippen molar-refractivity contribution in [2.75, 3.05) is 24.0 Å². The molecule has 0 aliphatic rings. The van der Waals surface area contributed by atoms with E-state index >= 15 is 0 Å². The first kappa shape index (κ1) is 30.0. The standard InChI is InChI=1S/C19H34N4O7S2/c1-10(2)15(23-16(26)11(20)5-7-31-3)18(28)22-13(9-14(24)25)17(27)21-12(19(29)30)6-8-32-4/h10-13,15H,5-9,20H2,1-4H3,(H,21,27)(H,22,28)(H,23,26)(H,24,25)(H,29,30). The zero-order chi connectivity index (χ0) is 24.8. The molecule has 4 atom stereocenters. The summed E-state index contributed by atoms with van der Waals surface area (Å²) in [6.45, 7) is 3.35. The molecular weight excluding hydrogens is 460 g/mol. The highest BCUT2D eigenvalue weighted by atomic mass is 32.2. The van der Waals surface area contributed by atoms with E-state index in [4.69, 9.17) is 10.8 Å². The number of thioether (sulfide) groups is 2. The summed E-state index contributed by atoms with van der Waals surface area (Å²) in [4.78, 5) is 60.3. The van der Waals surface area contributed by atoms with Gasteiger partial charge in [-0.25, -0.2) is 4.79 Å². The van der Waals surface area contributed by atoms with E-state index in [0.29, 0.717) is 17.9 Å². The first-order chi connectivity index (χ1) is 14.9. The second-order valence-corrected chi connectivity index (χ2v) is 9.43. The topological polar surface area (TPSA) is 188 Å². The van der Waals surface area contributed by atoms with Gasteiger partial charge in [-0.2, -0.15) is 23.5 Å². The highest BCUT2D eigenvalue weighted by molar-refractivity contribution is 7.98. The van der Waals surface area contributed by atoms with Crippen LogP contribution in [0.25, 0.3) is 0 Å². The normalized spacial score (nSPS) is 14.7. The maximum atomic E-state index is 12.8. The summed E-state index contributed by atoms with van der Waals surface area (Å²) < 4.78 is 0. The average molecular weight is 495 g/mol. The number of aliphatic carboxylic acids is 2. The van der Waals surface area contributed by atoms with Crippen molar-refractivity contribution in [1.82, 2.24) is 16.0 Å². The van der Waals surface area contributed by atoms with Crippen LogP contribution in [-0.2, 0) is 24.0 Å². The molecule has 0 bridgehead atoms. The number of carbonyl (C=O) groups excluding carboxylic acids is 3. The van der Waals surface area contributed by atoms with E-state index in [0.717, 1.165) is 0 Å². The van der Waals surface area contributed by atoms with Gasteiger partial charge in [-0.05, 0) is 42.8 Å². The number of carbonyl (C=O) groups is 5. The van der Waals surface area contributed by atoms with E-state index in [1.807, 2.05) is 6.26 Å². The minimum absolute atomic E-state index is 0.134. The Kier molecular flexibility index (Phi) is 14.8. The van der Waals surface area contributed by atoms with Gasteiger partial charge in [-0.3, -0.25) is 19.2 Å². The molecule has 0 aliphatic carbocycles. The highest BCUT2D eigenvalue weighted by Gasteiger charge is 2.32. The minimum atomic E-state index is -1.51. The Morgan fingerprint density at radius 2 is 1.34 bits per heavy atom. The van der Waals surface area contributed by atoms with Gasteiger partial charge in [-0.1, -0.05) is 13.8 Å². The van der Waals surface area contributed by atoms with Crippen LogP contribution in [0, 0.1) is 5.92 Å². The molecular formula is C19H34N4O7S2. The number of nitrogens with one attached hydrogen (secondary N) is 3. The fourth-order valence-electron chi connectivity index (χ4n) is 2.58. The molecule has 4 unspecified atom stereocenters. The van der Waals surface area contributed by atoms with Crippen LogP contribution in [0.3, 0.4) is 0 Å². The van der Waals surface area contributed by atoms with Crippen LogP contribution in [0.15, 0.2) is 0 Å². The maximum absolute atomic E-state index is 12.8. The number of amides is 3. The van der Waals surface area contributed by atoms with Gasteiger partial charge in [0.2, 0.25) is 17.7 Å². The molecule has 184 valence electrons. The Bertz CT molecular complexity index is 664. The van der Waals surface area contributed by atoms with Gasteiger partial charge in [-0.15, -0.1) is 0 Å². The Labute approximate surface area is 196 Å². The van der Waals surface area contributed by atoms with Gasteiger partial charge < -0.3 is 31.9 Å². The zero-order valence-electron chi connectivity index (χ0n) is 18.8. The summed E-state index contributed by atoms with van der Waals surface area (Å²) in [5.41, 5.74) is 5.83. The Morgan fingerprint density at radius 1 is 0.812 bits per heavy atom. The van der Waals surface area contributed by atoms with E-state index in [9.17, 15) is 29.1 Å². The lowest BCUT2D eigenvalue weighted by molar-refractivity contribution is -0.143. The SMILES string of the molecule is CSCCC(N)C(=O)NC(C(=O)NC(CC(=O)O)C(=O)NC(CCSC)C(=O)O)C(C)C. The van der Waals surface area contributed by atoms with E-state index in [-0.39, 0.29) is 12.3 Å². The Hall–Kier alpha value is -1.99. The lowest BCUT2D eigenvalue weighted by Crippen LogP contribution is -2.58. The number of hydrogen-bond donors (Lipinski definition) is 6. The van der Waals surface area contributed by atoms with Gasteiger partial charge in [0.1, 0.15) is 18.1 Å². The number of rotatable bonds is 16. The summed E-state index contributed by atoms with van der Waals surface area (Å²) in [6, 6.07) is -4.61. The zero-order valence-corrected chi connectivity index (χ0v) is 20.4. The van der Waals surface area contributed by atoms with Gasteiger partial charge in [0.25, 0.3) is 0 Å². The summed E-state index contributed by atoms with van der Waals surface area (Å²) in [5.74, 6) is -4.10. The first-order valence-electron chi connectivity index (χ1n) is 10.0. The Morgan fingerprint density at radius 3 is 1.81 bits per heavy atom. The summed E-state index contributed by atoms with van der Waals surface area (Å²) >= 11 is 2.92. The van der Waals surface area contributed by atoms with Gasteiger partial charge in [0.15, 0.2) is 0 Å². The van der Waals surface area contributed by atoms with Crippen LogP contribution in [0.5, 0.6) is 0 Å². The molecule has 0 spiro atoms. The van der Waals surface area contributed by atoms with Gasteiger partial charge in [0, 0.05) is 0 Å². The molecule has 0 heterocycles. The molecule has 0 aromatic carbocycles. The number of hydrogen-bond acceptors (Lipinski definition) is 8. The van der Waals surface area contributed by atoms with Crippen molar-refractivity contribution in [3.8, 4) is 0 Å². The predicted molar refractivity (Wildman–Crippen MR) is 124 cm³/mol. The van der Waals surface area contributed by atoms with Crippen molar-refractivity contribution in [3.05, 3.63) is 0 Å². The van der Waals surface area contributed by atoms with Gasteiger partial charge >= 0.3 is 11.9 Å². The average Bonchev–Trinajstić information content (AvgIpc) is 2.71. The third-order valence-electron chi connectivity index (χ3n) is 4.45. The lowest BCUT2D eigenvalue weighted by Gasteiger charge is -2.26. The van der Waals surface area contributed by atoms with Crippen LogP contribution in [0.2, 0.25) is 0 Å². The summed E-state index contributed by atoms with van der Waals surface area (Å²) in [5, 5.41) is 25.6. The molecule has 32 heavy (non-hydrogen) atoms. The third kappa shape index (κ3) is 11.6. The van der Waals surface area contributed by atoms with Gasteiger partial charge in [0.05, 0.1) is 12.5 Å². The second-order valence-electron chi connectivity index (χ2n) is 7.46. The lowest BCUT2D eigenvalue weighted by atomic mass is 10.0. The molecule has 0 saturated heterocycles. The quantitative estimate of drug-likeness (QED) is 0.163. The first-order valence-corrected chi connectivity index (χ1v) is 12.8. The van der Waals surface area contributed by atoms with Crippen molar-refractivity contribution in [2.45, 2.75) is 57.3 Å². The molecule has 0 rings (SSSR count). The fraction of sp³-hybridized carbons (Fsp3) is 0.737. The third-order valence-corrected chi connectivity index (χ3v) is 5.74. The molecule has 0 aromatic heterocycles. The van der Waals surface area contributed by atoms with Crippen molar-refractivity contribution in [2.24, 2.45) is 11.7 Å². The monoisotopic (exact) mass is 494 g/mol. The fourth-order valence-corrected chi connectivity index (χ4v) is 3.54. The maximum Gasteiger partial charge on any atom is 0.326 e. The molecule has 3 amide bonds. The Balaban J connectivity index is 5.36. The molecule has 11 nitrogen and oxygen atoms in total. The van der Waals surface area contributed by atoms with Crippen LogP contribution >= 0.6 is 23.5 Å². The molecule has 7 N–H and O–H groups in total. The van der Waals surface area contributed by atoms with E-state index in [2.05, 4.69) is 16.0 Å². The molecule has 0 aliphatic heterocycles. The van der Waals surface area contributed by atoms with E-state index in [1.54, 1.807) is 20.1 Å². The highest BCUT2D eigenvalue weighted by Crippen LogP contribution is 2.07. The van der Waals surface area contributed by atoms with Crippen molar-refractivity contribution in [3.63, 3.8) is 0 Å². The minimum Gasteiger partial charge on any atom is -0.481 e.